The fraction of sp³-hybridized carbons (Fsp3) is 0.632. The molecule has 0 atom stereocenters. The van der Waals surface area contributed by atoms with Crippen molar-refractivity contribution < 1.29 is 14.6 Å². The zero-order chi connectivity index (χ0) is 18.0. The molecule has 0 amide bonds. The summed E-state index contributed by atoms with van der Waals surface area (Å²) in [5.41, 5.74) is 1.17. The molecule has 0 aliphatic heterocycles. The Kier molecular flexibility index (Phi) is 8.01. The maximum absolute atomic E-state index is 9.47. The maximum atomic E-state index is 9.47. The van der Waals surface area contributed by atoms with Crippen LogP contribution in [0.5, 0.6) is 5.75 Å². The standard InChI is InChI=1S/C19H31N3O3/c1-3-25-12-4-11-20-18(22-14-19(15-23)9-10-19)21-13-16-5-7-17(24-2)8-6-16/h5-8,23H,3-4,9-15H2,1-2H3,(H2,20,21,22). The molecular weight excluding hydrogens is 318 g/mol. The lowest BCUT2D eigenvalue weighted by Gasteiger charge is -2.17. The molecule has 1 aliphatic carbocycles. The van der Waals surface area contributed by atoms with Gasteiger partial charge in [0.15, 0.2) is 5.96 Å². The fourth-order valence-electron chi connectivity index (χ4n) is 2.44. The molecule has 1 saturated carbocycles. The zero-order valence-corrected chi connectivity index (χ0v) is 15.4. The van der Waals surface area contributed by atoms with E-state index in [-0.39, 0.29) is 12.0 Å². The third-order valence-corrected chi connectivity index (χ3v) is 4.46. The van der Waals surface area contributed by atoms with Crippen LogP contribution in [0.1, 0.15) is 31.7 Å². The SMILES string of the molecule is CCOCCCNC(=NCc1ccc(OC)cc1)NCC1(CO)CC1. The van der Waals surface area contributed by atoms with Gasteiger partial charge >= 0.3 is 0 Å². The first-order valence-corrected chi connectivity index (χ1v) is 9.05. The Labute approximate surface area is 150 Å². The van der Waals surface area contributed by atoms with Crippen molar-refractivity contribution in [1.82, 2.24) is 10.6 Å². The molecule has 0 aromatic heterocycles. The Hall–Kier alpha value is -1.79. The molecule has 0 radical (unpaired) electrons. The molecule has 0 bridgehead atoms. The largest absolute Gasteiger partial charge is 0.497 e. The minimum absolute atomic E-state index is 0.0495. The van der Waals surface area contributed by atoms with E-state index < -0.39 is 0 Å². The molecule has 2 rings (SSSR count). The van der Waals surface area contributed by atoms with Crippen molar-refractivity contribution in [3.8, 4) is 5.75 Å². The van der Waals surface area contributed by atoms with Crippen molar-refractivity contribution in [2.75, 3.05) is 40.0 Å². The highest BCUT2D eigenvalue weighted by atomic mass is 16.5. The Morgan fingerprint density at radius 1 is 1.24 bits per heavy atom. The molecule has 6 nitrogen and oxygen atoms in total. The van der Waals surface area contributed by atoms with E-state index in [2.05, 4.69) is 15.6 Å². The van der Waals surface area contributed by atoms with Gasteiger partial charge in [0.1, 0.15) is 5.75 Å². The van der Waals surface area contributed by atoms with E-state index in [1.807, 2.05) is 31.2 Å². The average Bonchev–Trinajstić information content (AvgIpc) is 3.44. The van der Waals surface area contributed by atoms with Crippen LogP contribution in [0.15, 0.2) is 29.3 Å². The van der Waals surface area contributed by atoms with Gasteiger partial charge in [-0.05, 0) is 43.9 Å². The molecule has 0 spiro atoms. The fourth-order valence-corrected chi connectivity index (χ4v) is 2.44. The summed E-state index contributed by atoms with van der Waals surface area (Å²) < 4.78 is 10.5. The highest BCUT2D eigenvalue weighted by molar-refractivity contribution is 5.79. The Bertz CT molecular complexity index is 527. The number of aliphatic hydroxyl groups excluding tert-OH is 1. The number of rotatable bonds is 11. The summed E-state index contributed by atoms with van der Waals surface area (Å²) in [4.78, 5) is 4.66. The van der Waals surface area contributed by atoms with E-state index >= 15 is 0 Å². The van der Waals surface area contributed by atoms with Crippen molar-refractivity contribution in [3.63, 3.8) is 0 Å². The van der Waals surface area contributed by atoms with Crippen LogP contribution in [-0.4, -0.2) is 51.1 Å². The average molecular weight is 349 g/mol. The van der Waals surface area contributed by atoms with Gasteiger partial charge in [-0.2, -0.15) is 0 Å². The molecule has 1 aliphatic rings. The molecule has 3 N–H and O–H groups in total. The van der Waals surface area contributed by atoms with Crippen molar-refractivity contribution in [1.29, 1.82) is 0 Å². The number of hydrogen-bond acceptors (Lipinski definition) is 4. The molecule has 0 heterocycles. The Balaban J connectivity index is 1.86. The van der Waals surface area contributed by atoms with Crippen molar-refractivity contribution in [3.05, 3.63) is 29.8 Å². The normalized spacial score (nSPS) is 15.7. The molecule has 6 heteroatoms. The molecule has 1 aromatic carbocycles. The lowest BCUT2D eigenvalue weighted by Crippen LogP contribution is -2.41. The van der Waals surface area contributed by atoms with Gasteiger partial charge in [0.2, 0.25) is 0 Å². The second-order valence-corrected chi connectivity index (χ2v) is 6.50. The zero-order valence-electron chi connectivity index (χ0n) is 15.4. The smallest absolute Gasteiger partial charge is 0.191 e. The predicted octanol–water partition coefficient (Wildman–Crippen LogP) is 1.93. The Morgan fingerprint density at radius 2 is 2.00 bits per heavy atom. The molecular formula is C19H31N3O3. The second-order valence-electron chi connectivity index (χ2n) is 6.50. The number of aliphatic hydroxyl groups is 1. The van der Waals surface area contributed by atoms with E-state index in [1.54, 1.807) is 7.11 Å². The third kappa shape index (κ3) is 6.92. The highest BCUT2D eigenvalue weighted by Crippen LogP contribution is 2.44. The lowest BCUT2D eigenvalue weighted by molar-refractivity contribution is 0.145. The molecule has 1 fully saturated rings. The summed E-state index contributed by atoms with van der Waals surface area (Å²) in [5.74, 6) is 1.63. The monoisotopic (exact) mass is 349 g/mol. The predicted molar refractivity (Wildman–Crippen MR) is 100 cm³/mol. The van der Waals surface area contributed by atoms with Gasteiger partial charge in [-0.3, -0.25) is 0 Å². The number of nitrogens with one attached hydrogen (secondary N) is 2. The van der Waals surface area contributed by atoms with E-state index in [0.717, 1.165) is 62.8 Å². The van der Waals surface area contributed by atoms with Crippen molar-refractivity contribution in [2.45, 2.75) is 32.7 Å². The number of methoxy groups -OCH3 is 1. The first-order valence-electron chi connectivity index (χ1n) is 9.05. The van der Waals surface area contributed by atoms with Gasteiger partial charge in [-0.1, -0.05) is 12.1 Å². The second kappa shape index (κ2) is 10.3. The van der Waals surface area contributed by atoms with Gasteiger partial charge in [-0.25, -0.2) is 4.99 Å². The quantitative estimate of drug-likeness (QED) is 0.323. The number of benzene rings is 1. The number of ether oxygens (including phenoxy) is 2. The van der Waals surface area contributed by atoms with Crippen LogP contribution in [-0.2, 0) is 11.3 Å². The number of hydrogen-bond donors (Lipinski definition) is 3. The van der Waals surface area contributed by atoms with Gasteiger partial charge in [0, 0.05) is 31.7 Å². The topological polar surface area (TPSA) is 75.1 Å². The Morgan fingerprint density at radius 3 is 2.60 bits per heavy atom. The molecule has 1 aromatic rings. The highest BCUT2D eigenvalue weighted by Gasteiger charge is 2.41. The van der Waals surface area contributed by atoms with Crippen LogP contribution in [0.25, 0.3) is 0 Å². The molecule has 0 saturated heterocycles. The molecule has 140 valence electrons. The van der Waals surface area contributed by atoms with E-state index in [1.165, 1.54) is 0 Å². The van der Waals surface area contributed by atoms with E-state index in [4.69, 9.17) is 9.47 Å². The summed E-state index contributed by atoms with van der Waals surface area (Å²) in [7, 11) is 1.66. The summed E-state index contributed by atoms with van der Waals surface area (Å²) >= 11 is 0. The van der Waals surface area contributed by atoms with Crippen LogP contribution in [0.4, 0.5) is 0 Å². The molecule has 0 unspecified atom stereocenters. The van der Waals surface area contributed by atoms with Crippen LogP contribution in [0.2, 0.25) is 0 Å². The van der Waals surface area contributed by atoms with Crippen molar-refractivity contribution >= 4 is 5.96 Å². The lowest BCUT2D eigenvalue weighted by atomic mass is 10.1. The van der Waals surface area contributed by atoms with E-state index in [0.29, 0.717) is 6.54 Å². The van der Waals surface area contributed by atoms with Crippen LogP contribution >= 0.6 is 0 Å². The van der Waals surface area contributed by atoms with Crippen molar-refractivity contribution in [2.24, 2.45) is 10.4 Å². The van der Waals surface area contributed by atoms with E-state index in [9.17, 15) is 5.11 Å². The number of nitrogens with zero attached hydrogens (tertiary/aromatic N) is 1. The third-order valence-electron chi connectivity index (χ3n) is 4.46. The summed E-state index contributed by atoms with van der Waals surface area (Å²) in [6, 6.07) is 7.92. The van der Waals surface area contributed by atoms with Gasteiger partial charge in [0.25, 0.3) is 0 Å². The summed E-state index contributed by atoms with van der Waals surface area (Å²) in [5, 5.41) is 16.2. The van der Waals surface area contributed by atoms with Crippen LogP contribution in [0.3, 0.4) is 0 Å². The number of aliphatic imine (C=N–C) groups is 1. The summed E-state index contributed by atoms with van der Waals surface area (Å²) in [6.07, 6.45) is 3.08. The van der Waals surface area contributed by atoms with Crippen LogP contribution in [0, 0.1) is 5.41 Å². The van der Waals surface area contributed by atoms with Crippen LogP contribution < -0.4 is 15.4 Å². The van der Waals surface area contributed by atoms with Gasteiger partial charge in [0.05, 0.1) is 20.3 Å². The first kappa shape index (κ1) is 19.5. The minimum atomic E-state index is 0.0495. The minimum Gasteiger partial charge on any atom is -0.497 e. The maximum Gasteiger partial charge on any atom is 0.191 e. The first-order chi connectivity index (χ1) is 12.2. The molecule has 25 heavy (non-hydrogen) atoms. The number of guanidine groups is 1. The van der Waals surface area contributed by atoms with Gasteiger partial charge in [-0.15, -0.1) is 0 Å². The van der Waals surface area contributed by atoms with Gasteiger partial charge < -0.3 is 25.2 Å². The summed E-state index contributed by atoms with van der Waals surface area (Å²) in [6.45, 7) is 5.88.